The Labute approximate surface area is 137 Å². The summed E-state index contributed by atoms with van der Waals surface area (Å²) in [6, 6.07) is 10.7. The van der Waals surface area contributed by atoms with Crippen molar-refractivity contribution >= 4 is 16.8 Å². The molecule has 1 aromatic heterocycles. The summed E-state index contributed by atoms with van der Waals surface area (Å²) in [5.41, 5.74) is 1.29. The summed E-state index contributed by atoms with van der Waals surface area (Å²) in [7, 11) is 0. The molecule has 124 valence electrons. The summed E-state index contributed by atoms with van der Waals surface area (Å²) in [4.78, 5) is 15.1. The molecule has 3 rings (SSSR count). The zero-order valence-electron chi connectivity index (χ0n) is 12.9. The van der Waals surface area contributed by atoms with Gasteiger partial charge < -0.3 is 15.4 Å². The van der Waals surface area contributed by atoms with Crippen LogP contribution in [-0.2, 0) is 0 Å². The number of aliphatic hydroxyl groups is 1. The quantitative estimate of drug-likeness (QED) is 0.687. The lowest BCUT2D eigenvalue weighted by Crippen LogP contribution is -2.37. The molecule has 0 saturated heterocycles. The van der Waals surface area contributed by atoms with Crippen molar-refractivity contribution in [3.8, 4) is 0 Å². The Balaban J connectivity index is 1.73. The van der Waals surface area contributed by atoms with Gasteiger partial charge in [0.1, 0.15) is 17.3 Å². The number of aromatic nitrogens is 1. The molecule has 2 unspecified atom stereocenters. The molecule has 0 radical (unpaired) electrons. The second-order valence-electron chi connectivity index (χ2n) is 5.67. The predicted molar refractivity (Wildman–Crippen MR) is 86.5 cm³/mol. The summed E-state index contributed by atoms with van der Waals surface area (Å²) < 4.78 is 26.1. The largest absolute Gasteiger partial charge is 0.386 e. The number of H-pyrrole nitrogens is 1. The first-order valence-corrected chi connectivity index (χ1v) is 7.47. The molecule has 0 saturated carbocycles. The van der Waals surface area contributed by atoms with Crippen molar-refractivity contribution in [2.75, 3.05) is 0 Å². The van der Waals surface area contributed by atoms with E-state index in [1.54, 1.807) is 19.1 Å². The van der Waals surface area contributed by atoms with Gasteiger partial charge >= 0.3 is 0 Å². The van der Waals surface area contributed by atoms with Gasteiger partial charge in [0.05, 0.1) is 12.1 Å². The van der Waals surface area contributed by atoms with E-state index in [0.717, 1.165) is 0 Å². The number of benzene rings is 2. The normalized spacial score (nSPS) is 13.7. The van der Waals surface area contributed by atoms with Crippen LogP contribution in [0.25, 0.3) is 10.9 Å². The number of halogens is 2. The summed E-state index contributed by atoms with van der Waals surface area (Å²) >= 11 is 0. The van der Waals surface area contributed by atoms with Crippen LogP contribution in [0.15, 0.2) is 48.5 Å². The minimum Gasteiger partial charge on any atom is -0.386 e. The topological polar surface area (TPSA) is 65.1 Å². The number of amides is 1. The zero-order chi connectivity index (χ0) is 17.3. The van der Waals surface area contributed by atoms with Crippen molar-refractivity contribution in [3.05, 3.63) is 71.4 Å². The molecule has 4 nitrogen and oxygen atoms in total. The van der Waals surface area contributed by atoms with Gasteiger partial charge in [-0.3, -0.25) is 4.79 Å². The minimum absolute atomic E-state index is 0.272. The van der Waals surface area contributed by atoms with Crippen LogP contribution in [0.2, 0.25) is 0 Å². The van der Waals surface area contributed by atoms with Crippen molar-refractivity contribution in [1.29, 1.82) is 0 Å². The smallest absolute Gasteiger partial charge is 0.268 e. The van der Waals surface area contributed by atoms with Gasteiger partial charge in [0.15, 0.2) is 0 Å². The van der Waals surface area contributed by atoms with Crippen LogP contribution >= 0.6 is 0 Å². The molecule has 24 heavy (non-hydrogen) atoms. The molecule has 0 aliphatic rings. The molecule has 3 aromatic rings. The first-order chi connectivity index (χ1) is 11.4. The lowest BCUT2D eigenvalue weighted by atomic mass is 10.0. The summed E-state index contributed by atoms with van der Waals surface area (Å²) in [6.07, 6.45) is -0.976. The third-order valence-electron chi connectivity index (χ3n) is 3.87. The Kier molecular flexibility index (Phi) is 4.31. The van der Waals surface area contributed by atoms with Gasteiger partial charge in [0, 0.05) is 10.9 Å². The maximum atomic E-state index is 13.2. The molecule has 0 fully saturated rings. The average Bonchev–Trinajstić information content (AvgIpc) is 2.98. The minimum atomic E-state index is -0.976. The monoisotopic (exact) mass is 330 g/mol. The van der Waals surface area contributed by atoms with E-state index in [2.05, 4.69) is 10.3 Å². The van der Waals surface area contributed by atoms with Crippen molar-refractivity contribution in [2.24, 2.45) is 0 Å². The van der Waals surface area contributed by atoms with Gasteiger partial charge in [-0.05, 0) is 48.9 Å². The van der Waals surface area contributed by atoms with E-state index < -0.39 is 29.7 Å². The lowest BCUT2D eigenvalue weighted by molar-refractivity contribution is 0.0848. The molecule has 0 aliphatic carbocycles. The van der Waals surface area contributed by atoms with Gasteiger partial charge in [-0.15, -0.1) is 0 Å². The molecule has 0 aliphatic heterocycles. The Bertz CT molecular complexity index is 874. The van der Waals surface area contributed by atoms with Gasteiger partial charge in [-0.25, -0.2) is 8.78 Å². The van der Waals surface area contributed by atoms with Gasteiger partial charge in [0.25, 0.3) is 5.91 Å². The van der Waals surface area contributed by atoms with E-state index >= 15 is 0 Å². The Morgan fingerprint density at radius 2 is 1.75 bits per heavy atom. The number of nitrogens with one attached hydrogen (secondary N) is 2. The number of hydrogen-bond acceptors (Lipinski definition) is 2. The first kappa shape index (κ1) is 16.1. The molecular formula is C18H16F2N2O2. The fourth-order valence-corrected chi connectivity index (χ4v) is 2.53. The Morgan fingerprint density at radius 1 is 1.08 bits per heavy atom. The number of aromatic amines is 1. The number of carbonyl (C=O) groups is 1. The molecule has 2 atom stereocenters. The summed E-state index contributed by atoms with van der Waals surface area (Å²) in [6.45, 7) is 1.65. The molecule has 1 heterocycles. The van der Waals surface area contributed by atoms with Crippen LogP contribution in [0.1, 0.15) is 29.1 Å². The zero-order valence-corrected chi connectivity index (χ0v) is 12.9. The molecule has 6 heteroatoms. The number of carbonyl (C=O) groups excluding carboxylic acids is 1. The number of hydrogen-bond donors (Lipinski definition) is 3. The first-order valence-electron chi connectivity index (χ1n) is 7.47. The second-order valence-corrected chi connectivity index (χ2v) is 5.67. The van der Waals surface area contributed by atoms with Crippen LogP contribution < -0.4 is 5.32 Å². The van der Waals surface area contributed by atoms with E-state index in [0.29, 0.717) is 16.5 Å². The highest BCUT2D eigenvalue weighted by atomic mass is 19.1. The van der Waals surface area contributed by atoms with Gasteiger partial charge in [0.2, 0.25) is 0 Å². The number of fused-ring (bicyclic) bond motifs is 1. The highest BCUT2D eigenvalue weighted by molar-refractivity contribution is 5.98. The van der Waals surface area contributed by atoms with E-state index in [9.17, 15) is 18.7 Å². The summed E-state index contributed by atoms with van der Waals surface area (Å²) in [5, 5.41) is 13.6. The standard InChI is InChI=1S/C18H16F2N2O2/c1-10(17(23)11-2-5-13(19)6-3-11)21-18(24)16-8-12-4-7-14(20)9-15(12)22-16/h2-10,17,22-23H,1H3,(H,21,24). The van der Waals surface area contributed by atoms with Crippen LogP contribution in [-0.4, -0.2) is 22.0 Å². The molecule has 3 N–H and O–H groups in total. The highest BCUT2D eigenvalue weighted by Crippen LogP contribution is 2.19. The van der Waals surface area contributed by atoms with Crippen molar-refractivity contribution in [3.63, 3.8) is 0 Å². The van der Waals surface area contributed by atoms with Crippen molar-refractivity contribution in [2.45, 2.75) is 19.1 Å². The third kappa shape index (κ3) is 3.28. The SMILES string of the molecule is CC(NC(=O)c1cc2ccc(F)cc2[nH]1)C(O)c1ccc(F)cc1. The van der Waals surface area contributed by atoms with E-state index in [4.69, 9.17) is 0 Å². The number of aliphatic hydroxyl groups excluding tert-OH is 1. The Morgan fingerprint density at radius 3 is 2.46 bits per heavy atom. The average molecular weight is 330 g/mol. The van der Waals surface area contributed by atoms with Gasteiger partial charge in [-0.1, -0.05) is 12.1 Å². The molecule has 2 aromatic carbocycles. The van der Waals surface area contributed by atoms with Crippen LogP contribution in [0.3, 0.4) is 0 Å². The van der Waals surface area contributed by atoms with Crippen LogP contribution in [0.5, 0.6) is 0 Å². The van der Waals surface area contributed by atoms with Crippen molar-refractivity contribution in [1.82, 2.24) is 10.3 Å². The molecule has 1 amide bonds. The number of rotatable bonds is 4. The third-order valence-corrected chi connectivity index (χ3v) is 3.87. The van der Waals surface area contributed by atoms with Crippen LogP contribution in [0, 0.1) is 11.6 Å². The second kappa shape index (κ2) is 6.41. The Hall–Kier alpha value is -2.73. The van der Waals surface area contributed by atoms with E-state index in [1.165, 1.54) is 36.4 Å². The highest BCUT2D eigenvalue weighted by Gasteiger charge is 2.20. The van der Waals surface area contributed by atoms with Crippen LogP contribution in [0.4, 0.5) is 8.78 Å². The molecule has 0 spiro atoms. The van der Waals surface area contributed by atoms with Crippen molar-refractivity contribution < 1.29 is 18.7 Å². The maximum absolute atomic E-state index is 13.2. The fourth-order valence-electron chi connectivity index (χ4n) is 2.53. The van der Waals surface area contributed by atoms with E-state index in [1.807, 2.05) is 0 Å². The van der Waals surface area contributed by atoms with E-state index in [-0.39, 0.29) is 5.69 Å². The molecular weight excluding hydrogens is 314 g/mol. The summed E-state index contributed by atoms with van der Waals surface area (Å²) in [5.74, 6) is -1.20. The predicted octanol–water partition coefficient (Wildman–Crippen LogP) is 3.30. The maximum Gasteiger partial charge on any atom is 0.268 e. The molecule has 0 bridgehead atoms. The lowest BCUT2D eigenvalue weighted by Gasteiger charge is -2.20. The fraction of sp³-hybridized carbons (Fsp3) is 0.167. The van der Waals surface area contributed by atoms with Gasteiger partial charge in [-0.2, -0.15) is 0 Å².